The first-order chi connectivity index (χ1) is 6.83. The summed E-state index contributed by atoms with van der Waals surface area (Å²) < 4.78 is 0. The van der Waals surface area contributed by atoms with Gasteiger partial charge in [-0.3, -0.25) is 0 Å². The van der Waals surface area contributed by atoms with Crippen molar-refractivity contribution in [3.63, 3.8) is 0 Å². The summed E-state index contributed by atoms with van der Waals surface area (Å²) in [5.74, 6) is 3.05. The van der Waals surface area contributed by atoms with Gasteiger partial charge in [-0.15, -0.1) is 0 Å². The summed E-state index contributed by atoms with van der Waals surface area (Å²) in [6.07, 6.45) is 8.43. The van der Waals surface area contributed by atoms with Gasteiger partial charge < -0.3 is 11.1 Å². The van der Waals surface area contributed by atoms with Crippen molar-refractivity contribution in [2.45, 2.75) is 50.6 Å². The number of hydrogen-bond acceptors (Lipinski definition) is 2. The van der Waals surface area contributed by atoms with Crippen LogP contribution in [0.1, 0.15) is 38.5 Å². The molecule has 3 saturated carbocycles. The largest absolute Gasteiger partial charge is 0.328 e. The van der Waals surface area contributed by atoms with Crippen LogP contribution in [-0.4, -0.2) is 18.6 Å². The van der Waals surface area contributed by atoms with Gasteiger partial charge in [0.2, 0.25) is 0 Å². The Kier molecular flexibility index (Phi) is 2.29. The van der Waals surface area contributed by atoms with E-state index in [4.69, 9.17) is 5.73 Å². The second-order valence-electron chi connectivity index (χ2n) is 5.70. The van der Waals surface area contributed by atoms with E-state index in [0.29, 0.717) is 6.04 Å². The molecular weight excluding hydrogens is 172 g/mol. The van der Waals surface area contributed by atoms with E-state index in [9.17, 15) is 0 Å². The van der Waals surface area contributed by atoms with Gasteiger partial charge in [0, 0.05) is 12.1 Å². The van der Waals surface area contributed by atoms with Crippen LogP contribution in [0.3, 0.4) is 0 Å². The lowest BCUT2D eigenvalue weighted by Gasteiger charge is -2.34. The smallest absolute Gasteiger partial charge is 0.00981 e. The van der Waals surface area contributed by atoms with Crippen LogP contribution in [0.2, 0.25) is 0 Å². The molecule has 0 aromatic carbocycles. The van der Waals surface area contributed by atoms with Gasteiger partial charge in [0.15, 0.2) is 0 Å². The van der Waals surface area contributed by atoms with E-state index in [1.54, 1.807) is 0 Å². The highest BCUT2D eigenvalue weighted by atomic mass is 14.9. The average Bonchev–Trinajstić information content (AvgIpc) is 2.89. The van der Waals surface area contributed by atoms with Crippen molar-refractivity contribution >= 4 is 0 Å². The molecule has 2 heteroatoms. The molecule has 0 saturated heterocycles. The fourth-order valence-electron chi connectivity index (χ4n) is 3.44. The Hall–Kier alpha value is -0.0800. The van der Waals surface area contributed by atoms with Crippen LogP contribution in [-0.2, 0) is 0 Å². The van der Waals surface area contributed by atoms with Crippen LogP contribution in [0, 0.1) is 17.8 Å². The van der Waals surface area contributed by atoms with Crippen LogP contribution in [0.5, 0.6) is 0 Å². The van der Waals surface area contributed by atoms with Crippen molar-refractivity contribution < 1.29 is 0 Å². The summed E-state index contributed by atoms with van der Waals surface area (Å²) in [6, 6.07) is 1.38. The lowest BCUT2D eigenvalue weighted by molar-refractivity contribution is 0.233. The molecule has 2 nitrogen and oxygen atoms in total. The standard InChI is InChI=1S/C12H22N2/c13-10-4-8(5-10)7-14-12-3-1-2-9-6-11(9)12/h8-12,14H,1-7,13H2. The van der Waals surface area contributed by atoms with E-state index >= 15 is 0 Å². The van der Waals surface area contributed by atoms with Crippen LogP contribution in [0.25, 0.3) is 0 Å². The zero-order valence-corrected chi connectivity index (χ0v) is 8.91. The third kappa shape index (κ3) is 1.70. The highest BCUT2D eigenvalue weighted by Crippen LogP contribution is 2.49. The summed E-state index contributed by atoms with van der Waals surface area (Å²) in [5, 5.41) is 3.78. The number of nitrogens with two attached hydrogens (primary N) is 1. The monoisotopic (exact) mass is 194 g/mol. The minimum atomic E-state index is 0.516. The Morgan fingerprint density at radius 2 is 2.00 bits per heavy atom. The summed E-state index contributed by atoms with van der Waals surface area (Å²) in [6.45, 7) is 1.24. The van der Waals surface area contributed by atoms with Gasteiger partial charge in [-0.2, -0.15) is 0 Å². The first kappa shape index (κ1) is 9.17. The van der Waals surface area contributed by atoms with Gasteiger partial charge in [-0.05, 0) is 50.0 Å². The lowest BCUT2D eigenvalue weighted by atomic mass is 9.80. The molecule has 3 atom stereocenters. The van der Waals surface area contributed by atoms with Gasteiger partial charge >= 0.3 is 0 Å². The molecule has 0 aromatic heterocycles. The molecule has 3 unspecified atom stereocenters. The Labute approximate surface area is 86.6 Å². The maximum Gasteiger partial charge on any atom is 0.00981 e. The van der Waals surface area contributed by atoms with E-state index in [-0.39, 0.29) is 0 Å². The Balaban J connectivity index is 1.40. The molecule has 0 aliphatic heterocycles. The predicted molar refractivity (Wildman–Crippen MR) is 57.9 cm³/mol. The molecular formula is C12H22N2. The first-order valence-electron chi connectivity index (χ1n) is 6.32. The summed E-state index contributed by atoms with van der Waals surface area (Å²) in [4.78, 5) is 0. The predicted octanol–water partition coefficient (Wildman–Crippen LogP) is 1.50. The summed E-state index contributed by atoms with van der Waals surface area (Å²) in [5.41, 5.74) is 5.79. The number of fused-ring (bicyclic) bond motifs is 1. The molecule has 80 valence electrons. The van der Waals surface area contributed by atoms with Crippen molar-refractivity contribution in [3.05, 3.63) is 0 Å². The van der Waals surface area contributed by atoms with E-state index in [1.807, 2.05) is 0 Å². The third-order valence-corrected chi connectivity index (χ3v) is 4.53. The van der Waals surface area contributed by atoms with Crippen molar-refractivity contribution in [2.24, 2.45) is 23.5 Å². The lowest BCUT2D eigenvalue weighted by Crippen LogP contribution is -2.44. The fourth-order valence-corrected chi connectivity index (χ4v) is 3.44. The molecule has 3 fully saturated rings. The van der Waals surface area contributed by atoms with Crippen LogP contribution in [0.4, 0.5) is 0 Å². The molecule has 0 amide bonds. The minimum absolute atomic E-state index is 0.516. The van der Waals surface area contributed by atoms with Gasteiger partial charge in [0.05, 0.1) is 0 Å². The molecule has 0 aromatic rings. The molecule has 14 heavy (non-hydrogen) atoms. The number of rotatable bonds is 3. The van der Waals surface area contributed by atoms with Gasteiger partial charge in [0.1, 0.15) is 0 Å². The fraction of sp³-hybridized carbons (Fsp3) is 1.00. The van der Waals surface area contributed by atoms with E-state index < -0.39 is 0 Å². The first-order valence-corrected chi connectivity index (χ1v) is 6.32. The van der Waals surface area contributed by atoms with Crippen LogP contribution < -0.4 is 11.1 Å². The highest BCUT2D eigenvalue weighted by molar-refractivity contribution is 4.98. The molecule has 0 spiro atoms. The molecule has 3 aliphatic rings. The molecule has 3 N–H and O–H groups in total. The summed E-state index contributed by atoms with van der Waals surface area (Å²) in [7, 11) is 0. The van der Waals surface area contributed by atoms with Crippen molar-refractivity contribution in [1.82, 2.24) is 5.32 Å². The highest BCUT2D eigenvalue weighted by Gasteiger charge is 2.45. The van der Waals surface area contributed by atoms with Crippen molar-refractivity contribution in [3.8, 4) is 0 Å². The maximum absolute atomic E-state index is 5.79. The van der Waals surface area contributed by atoms with Crippen LogP contribution >= 0.6 is 0 Å². The molecule has 3 aliphatic carbocycles. The number of nitrogens with one attached hydrogen (secondary N) is 1. The Bertz CT molecular complexity index is 210. The van der Waals surface area contributed by atoms with E-state index in [2.05, 4.69) is 5.32 Å². The van der Waals surface area contributed by atoms with E-state index in [1.165, 1.54) is 45.1 Å². The van der Waals surface area contributed by atoms with Gasteiger partial charge in [0.25, 0.3) is 0 Å². The SMILES string of the molecule is NC1CC(CNC2CCCC3CC32)C1. The average molecular weight is 194 g/mol. The summed E-state index contributed by atoms with van der Waals surface area (Å²) >= 11 is 0. The van der Waals surface area contributed by atoms with E-state index in [0.717, 1.165) is 23.8 Å². The topological polar surface area (TPSA) is 38.0 Å². The van der Waals surface area contributed by atoms with Crippen molar-refractivity contribution in [2.75, 3.05) is 6.54 Å². The second kappa shape index (κ2) is 3.49. The molecule has 0 radical (unpaired) electrons. The Morgan fingerprint density at radius 1 is 1.14 bits per heavy atom. The third-order valence-electron chi connectivity index (χ3n) is 4.53. The molecule has 0 heterocycles. The quantitative estimate of drug-likeness (QED) is 0.714. The number of hydrogen-bond donors (Lipinski definition) is 2. The second-order valence-corrected chi connectivity index (χ2v) is 5.70. The normalized spacial score (nSPS) is 50.8. The minimum Gasteiger partial charge on any atom is -0.328 e. The van der Waals surface area contributed by atoms with Gasteiger partial charge in [-0.25, -0.2) is 0 Å². The van der Waals surface area contributed by atoms with Crippen molar-refractivity contribution in [1.29, 1.82) is 0 Å². The molecule has 0 bridgehead atoms. The zero-order valence-electron chi connectivity index (χ0n) is 8.91. The zero-order chi connectivity index (χ0) is 9.54. The van der Waals surface area contributed by atoms with Crippen LogP contribution in [0.15, 0.2) is 0 Å². The Morgan fingerprint density at radius 3 is 2.79 bits per heavy atom. The maximum atomic E-state index is 5.79. The molecule has 3 rings (SSSR count). The van der Waals surface area contributed by atoms with Gasteiger partial charge in [-0.1, -0.05) is 12.8 Å².